The Balaban J connectivity index is 1.75. The number of benzene rings is 3. The molecule has 0 aliphatic rings. The molecule has 0 unspecified atom stereocenters. The predicted octanol–water partition coefficient (Wildman–Crippen LogP) is 4.54. The number of carbonyl (C=O) groups is 1. The van der Waals surface area contributed by atoms with Crippen LogP contribution in [0.3, 0.4) is 0 Å². The van der Waals surface area contributed by atoms with Crippen LogP contribution in [0, 0.1) is 0 Å². The number of amides is 1. The Kier molecular flexibility index (Phi) is 5.94. The van der Waals surface area contributed by atoms with Gasteiger partial charge in [-0.05, 0) is 30.3 Å². The summed E-state index contributed by atoms with van der Waals surface area (Å²) < 4.78 is 16.3. The van der Waals surface area contributed by atoms with E-state index in [0.29, 0.717) is 29.4 Å². The van der Waals surface area contributed by atoms with Gasteiger partial charge >= 0.3 is 0 Å². The highest BCUT2D eigenvalue weighted by molar-refractivity contribution is 6.05. The molecule has 0 fully saturated rings. The first kappa shape index (κ1) is 18.3. The van der Waals surface area contributed by atoms with Gasteiger partial charge in [-0.2, -0.15) is 0 Å². The lowest BCUT2D eigenvalue weighted by Gasteiger charge is -2.13. The van der Waals surface area contributed by atoms with E-state index in [4.69, 9.17) is 14.2 Å². The number of nitrogens with one attached hydrogen (secondary N) is 1. The average molecular weight is 363 g/mol. The zero-order chi connectivity index (χ0) is 19.1. The average Bonchev–Trinajstić information content (AvgIpc) is 2.73. The Morgan fingerprint density at radius 1 is 0.852 bits per heavy atom. The fourth-order valence-electron chi connectivity index (χ4n) is 2.66. The molecule has 0 spiro atoms. The molecule has 0 heterocycles. The monoisotopic (exact) mass is 363 g/mol. The Hall–Kier alpha value is -3.47. The molecule has 3 rings (SSSR count). The van der Waals surface area contributed by atoms with Crippen LogP contribution in [0.25, 0.3) is 0 Å². The van der Waals surface area contributed by atoms with Crippen molar-refractivity contribution in [3.05, 3.63) is 83.9 Å². The van der Waals surface area contributed by atoms with E-state index in [1.54, 1.807) is 38.5 Å². The molecule has 0 saturated heterocycles. The summed E-state index contributed by atoms with van der Waals surface area (Å²) in [6, 6.07) is 22.1. The molecule has 27 heavy (non-hydrogen) atoms. The van der Waals surface area contributed by atoms with Crippen LogP contribution in [0.1, 0.15) is 15.9 Å². The number of hydrogen-bond donors (Lipinski definition) is 1. The molecule has 3 aromatic carbocycles. The molecule has 0 aliphatic carbocycles. The van der Waals surface area contributed by atoms with E-state index >= 15 is 0 Å². The van der Waals surface area contributed by atoms with Gasteiger partial charge in [0.05, 0.1) is 14.2 Å². The molecule has 0 saturated carbocycles. The van der Waals surface area contributed by atoms with Crippen LogP contribution >= 0.6 is 0 Å². The van der Waals surface area contributed by atoms with Gasteiger partial charge in [0.15, 0.2) is 11.5 Å². The molecular formula is C22H21NO4. The molecular weight excluding hydrogens is 342 g/mol. The van der Waals surface area contributed by atoms with E-state index < -0.39 is 0 Å². The Morgan fingerprint density at radius 2 is 1.56 bits per heavy atom. The van der Waals surface area contributed by atoms with Gasteiger partial charge in [0.1, 0.15) is 12.4 Å². The van der Waals surface area contributed by atoms with Crippen LogP contribution in [0.15, 0.2) is 72.8 Å². The standard InChI is InChI=1S/C22H21NO4/c1-25-20-13-12-17(14-21(20)26-2)23-22(24)19-11-7-6-8-16(19)15-27-18-9-4-3-5-10-18/h3-14H,15H2,1-2H3,(H,23,24). The number of anilines is 1. The molecule has 5 nitrogen and oxygen atoms in total. The minimum absolute atomic E-state index is 0.213. The van der Waals surface area contributed by atoms with Gasteiger partial charge in [-0.1, -0.05) is 36.4 Å². The summed E-state index contributed by atoms with van der Waals surface area (Å²) in [6.07, 6.45) is 0. The van der Waals surface area contributed by atoms with Crippen LogP contribution in [-0.2, 0) is 6.61 Å². The summed E-state index contributed by atoms with van der Waals surface area (Å²) in [5, 5.41) is 2.89. The smallest absolute Gasteiger partial charge is 0.256 e. The lowest BCUT2D eigenvalue weighted by molar-refractivity contribution is 0.102. The molecule has 0 atom stereocenters. The normalized spacial score (nSPS) is 10.1. The number of methoxy groups -OCH3 is 2. The van der Waals surface area contributed by atoms with E-state index in [0.717, 1.165) is 11.3 Å². The Morgan fingerprint density at radius 3 is 2.30 bits per heavy atom. The quantitative estimate of drug-likeness (QED) is 0.670. The summed E-state index contributed by atoms with van der Waals surface area (Å²) in [6.45, 7) is 0.305. The topological polar surface area (TPSA) is 56.8 Å². The van der Waals surface area contributed by atoms with Gasteiger partial charge in [0, 0.05) is 22.9 Å². The molecule has 5 heteroatoms. The molecule has 0 bridgehead atoms. The number of carbonyl (C=O) groups excluding carboxylic acids is 1. The van der Waals surface area contributed by atoms with Crippen LogP contribution < -0.4 is 19.5 Å². The molecule has 0 aliphatic heterocycles. The first-order valence-electron chi connectivity index (χ1n) is 8.50. The SMILES string of the molecule is COc1ccc(NC(=O)c2ccccc2COc2ccccc2)cc1OC. The zero-order valence-electron chi connectivity index (χ0n) is 15.3. The zero-order valence-corrected chi connectivity index (χ0v) is 15.3. The second kappa shape index (κ2) is 8.76. The van der Waals surface area contributed by atoms with Crippen LogP contribution in [0.4, 0.5) is 5.69 Å². The van der Waals surface area contributed by atoms with Crippen LogP contribution in [0.5, 0.6) is 17.2 Å². The number of para-hydroxylation sites is 1. The van der Waals surface area contributed by atoms with Crippen molar-refractivity contribution in [2.45, 2.75) is 6.61 Å². The van der Waals surface area contributed by atoms with Gasteiger partial charge in [-0.25, -0.2) is 0 Å². The molecule has 0 radical (unpaired) electrons. The van der Waals surface area contributed by atoms with Crippen molar-refractivity contribution in [3.63, 3.8) is 0 Å². The molecule has 1 amide bonds. The van der Waals surface area contributed by atoms with Crippen LogP contribution in [0.2, 0.25) is 0 Å². The van der Waals surface area contributed by atoms with E-state index in [1.807, 2.05) is 48.5 Å². The van der Waals surface area contributed by atoms with Gasteiger partial charge in [0.2, 0.25) is 0 Å². The fraction of sp³-hybridized carbons (Fsp3) is 0.136. The van der Waals surface area contributed by atoms with Crippen molar-refractivity contribution >= 4 is 11.6 Å². The maximum absolute atomic E-state index is 12.8. The minimum Gasteiger partial charge on any atom is -0.493 e. The van der Waals surface area contributed by atoms with Gasteiger partial charge in [0.25, 0.3) is 5.91 Å². The van der Waals surface area contributed by atoms with Crippen molar-refractivity contribution < 1.29 is 19.0 Å². The second-order valence-electron chi connectivity index (χ2n) is 5.78. The first-order chi connectivity index (χ1) is 13.2. The molecule has 3 aromatic rings. The summed E-state index contributed by atoms with van der Waals surface area (Å²) >= 11 is 0. The Labute approximate surface area is 158 Å². The predicted molar refractivity (Wildman–Crippen MR) is 105 cm³/mol. The largest absolute Gasteiger partial charge is 0.493 e. The third-order valence-corrected chi connectivity index (χ3v) is 4.04. The fourth-order valence-corrected chi connectivity index (χ4v) is 2.66. The van der Waals surface area contributed by atoms with E-state index in [-0.39, 0.29) is 5.91 Å². The van der Waals surface area contributed by atoms with E-state index in [1.165, 1.54) is 0 Å². The van der Waals surface area contributed by atoms with Crippen molar-refractivity contribution in [3.8, 4) is 17.2 Å². The lowest BCUT2D eigenvalue weighted by atomic mass is 10.1. The van der Waals surface area contributed by atoms with E-state index in [9.17, 15) is 4.79 Å². The van der Waals surface area contributed by atoms with Crippen molar-refractivity contribution in [2.75, 3.05) is 19.5 Å². The molecule has 138 valence electrons. The third kappa shape index (κ3) is 4.58. The number of ether oxygens (including phenoxy) is 3. The maximum atomic E-state index is 12.8. The van der Waals surface area contributed by atoms with Crippen molar-refractivity contribution in [1.82, 2.24) is 0 Å². The number of hydrogen-bond acceptors (Lipinski definition) is 4. The van der Waals surface area contributed by atoms with Gasteiger partial charge in [-0.3, -0.25) is 4.79 Å². The molecule has 1 N–H and O–H groups in total. The third-order valence-electron chi connectivity index (χ3n) is 4.04. The summed E-state index contributed by atoms with van der Waals surface area (Å²) in [5.74, 6) is 1.70. The maximum Gasteiger partial charge on any atom is 0.256 e. The highest BCUT2D eigenvalue weighted by Crippen LogP contribution is 2.30. The highest BCUT2D eigenvalue weighted by Gasteiger charge is 2.13. The summed E-state index contributed by atoms with van der Waals surface area (Å²) in [7, 11) is 3.12. The van der Waals surface area contributed by atoms with E-state index in [2.05, 4.69) is 5.32 Å². The molecule has 0 aromatic heterocycles. The van der Waals surface area contributed by atoms with Gasteiger partial charge in [-0.15, -0.1) is 0 Å². The van der Waals surface area contributed by atoms with Gasteiger partial charge < -0.3 is 19.5 Å². The van der Waals surface area contributed by atoms with Crippen LogP contribution in [-0.4, -0.2) is 20.1 Å². The highest BCUT2D eigenvalue weighted by atomic mass is 16.5. The lowest BCUT2D eigenvalue weighted by Crippen LogP contribution is -2.15. The summed E-state index contributed by atoms with van der Waals surface area (Å²) in [4.78, 5) is 12.8. The van der Waals surface area contributed by atoms with Crippen molar-refractivity contribution in [2.24, 2.45) is 0 Å². The second-order valence-corrected chi connectivity index (χ2v) is 5.78. The first-order valence-corrected chi connectivity index (χ1v) is 8.50. The minimum atomic E-state index is -0.213. The summed E-state index contributed by atoms with van der Waals surface area (Å²) in [5.41, 5.74) is 1.99. The van der Waals surface area contributed by atoms with Crippen molar-refractivity contribution in [1.29, 1.82) is 0 Å². The Bertz CT molecular complexity index is 909. The number of rotatable bonds is 7.